The zero-order valence-corrected chi connectivity index (χ0v) is 16.8. The number of H-pyrrole nitrogens is 1. The van der Waals surface area contributed by atoms with Crippen molar-refractivity contribution >= 4 is 45.7 Å². The fraction of sp³-hybridized carbons (Fsp3) is 0.105. The highest BCUT2D eigenvalue weighted by atomic mass is 32.2. The van der Waals surface area contributed by atoms with E-state index in [4.69, 9.17) is 17.0 Å². The average Bonchev–Trinajstić information content (AvgIpc) is 3.04. The number of aromatic amines is 1. The molecule has 0 aliphatic heterocycles. The maximum absolute atomic E-state index is 12.5. The van der Waals surface area contributed by atoms with Crippen LogP contribution in [0.15, 0.2) is 64.5 Å². The van der Waals surface area contributed by atoms with Crippen LogP contribution < -0.4 is 10.3 Å². The number of methoxy groups -OCH3 is 1. The van der Waals surface area contributed by atoms with Crippen molar-refractivity contribution in [1.82, 2.24) is 14.5 Å². The first kappa shape index (κ1) is 18.0. The van der Waals surface area contributed by atoms with Gasteiger partial charge in [-0.2, -0.15) is 0 Å². The number of ether oxygens (including phenoxy) is 1. The molecule has 0 atom stereocenters. The summed E-state index contributed by atoms with van der Waals surface area (Å²) in [7, 11) is 1.64. The van der Waals surface area contributed by atoms with Gasteiger partial charge in [0, 0.05) is 11.4 Å². The highest BCUT2D eigenvalue weighted by Gasteiger charge is 2.13. The van der Waals surface area contributed by atoms with Gasteiger partial charge in [-0.3, -0.25) is 9.36 Å². The minimum atomic E-state index is -0.168. The molecule has 0 saturated heterocycles. The normalized spacial score (nSPS) is 11.0. The second-order valence-corrected chi connectivity index (χ2v) is 8.31. The zero-order chi connectivity index (χ0) is 18.8. The van der Waals surface area contributed by atoms with Gasteiger partial charge in [0.2, 0.25) is 0 Å². The predicted molar refractivity (Wildman–Crippen MR) is 113 cm³/mol. The molecular formula is C19H15N3O2S3. The number of para-hydroxylation sites is 1. The van der Waals surface area contributed by atoms with Crippen LogP contribution in [0.2, 0.25) is 0 Å². The van der Waals surface area contributed by atoms with E-state index in [0.29, 0.717) is 25.2 Å². The quantitative estimate of drug-likeness (QED) is 0.289. The first-order valence-corrected chi connectivity index (χ1v) is 10.3. The SMILES string of the molecule is COc1cccc(CSc2nc3c(sc(=S)n3-c3ccccc3)c(=O)[nH]2)c1. The monoisotopic (exact) mass is 413 g/mol. The summed E-state index contributed by atoms with van der Waals surface area (Å²) in [6.45, 7) is 0. The third kappa shape index (κ3) is 3.69. The predicted octanol–water partition coefficient (Wildman–Crippen LogP) is 4.81. The molecule has 8 heteroatoms. The fourth-order valence-corrected chi connectivity index (χ4v) is 4.75. The van der Waals surface area contributed by atoms with E-state index in [9.17, 15) is 4.79 Å². The van der Waals surface area contributed by atoms with Crippen LogP contribution in [0.5, 0.6) is 5.75 Å². The molecule has 1 N–H and O–H groups in total. The van der Waals surface area contributed by atoms with E-state index in [0.717, 1.165) is 17.0 Å². The second kappa shape index (κ2) is 7.67. The summed E-state index contributed by atoms with van der Waals surface area (Å²) in [5, 5.41) is 0.563. The second-order valence-electron chi connectivity index (χ2n) is 5.70. The first-order valence-electron chi connectivity index (χ1n) is 8.13. The van der Waals surface area contributed by atoms with Gasteiger partial charge in [0.15, 0.2) is 14.8 Å². The van der Waals surface area contributed by atoms with Crippen molar-refractivity contribution in [1.29, 1.82) is 0 Å². The Bertz CT molecular complexity index is 1210. The molecule has 5 nitrogen and oxygen atoms in total. The van der Waals surface area contributed by atoms with Crippen molar-refractivity contribution in [3.05, 3.63) is 74.5 Å². The van der Waals surface area contributed by atoms with Gasteiger partial charge >= 0.3 is 0 Å². The van der Waals surface area contributed by atoms with Crippen LogP contribution in [0.3, 0.4) is 0 Å². The molecule has 136 valence electrons. The Morgan fingerprint density at radius 3 is 2.81 bits per heavy atom. The number of nitrogens with one attached hydrogen (secondary N) is 1. The maximum Gasteiger partial charge on any atom is 0.271 e. The number of rotatable bonds is 5. The third-order valence-electron chi connectivity index (χ3n) is 3.95. The molecule has 0 radical (unpaired) electrons. The van der Waals surface area contributed by atoms with Gasteiger partial charge < -0.3 is 9.72 Å². The van der Waals surface area contributed by atoms with Gasteiger partial charge in [0.1, 0.15) is 10.4 Å². The molecule has 2 heterocycles. The van der Waals surface area contributed by atoms with Crippen molar-refractivity contribution in [2.24, 2.45) is 0 Å². The Labute approximate surface area is 168 Å². The van der Waals surface area contributed by atoms with Gasteiger partial charge in [-0.1, -0.05) is 53.4 Å². The lowest BCUT2D eigenvalue weighted by Gasteiger charge is -2.06. The first-order chi connectivity index (χ1) is 13.2. The topological polar surface area (TPSA) is 59.9 Å². The largest absolute Gasteiger partial charge is 0.497 e. The summed E-state index contributed by atoms with van der Waals surface area (Å²) in [5.74, 6) is 1.47. The number of thioether (sulfide) groups is 1. The van der Waals surface area contributed by atoms with Crippen LogP contribution >= 0.6 is 35.3 Å². The number of hydrogen-bond acceptors (Lipinski definition) is 6. The smallest absolute Gasteiger partial charge is 0.271 e. The number of aromatic nitrogens is 3. The Balaban J connectivity index is 1.72. The molecule has 4 aromatic rings. The summed E-state index contributed by atoms with van der Waals surface area (Å²) in [4.78, 5) is 20.1. The summed E-state index contributed by atoms with van der Waals surface area (Å²) in [5.41, 5.74) is 2.41. The van der Waals surface area contributed by atoms with Crippen molar-refractivity contribution < 1.29 is 4.74 Å². The van der Waals surface area contributed by atoms with Crippen LogP contribution in [0.1, 0.15) is 5.56 Å². The van der Waals surface area contributed by atoms with E-state index in [1.807, 2.05) is 59.2 Å². The van der Waals surface area contributed by atoms with E-state index < -0.39 is 0 Å². The van der Waals surface area contributed by atoms with Crippen LogP contribution in [-0.4, -0.2) is 21.6 Å². The minimum Gasteiger partial charge on any atom is -0.497 e. The summed E-state index contributed by atoms with van der Waals surface area (Å²) >= 11 is 8.22. The van der Waals surface area contributed by atoms with Crippen molar-refractivity contribution in [2.45, 2.75) is 10.9 Å². The molecule has 0 bridgehead atoms. The fourth-order valence-electron chi connectivity index (χ4n) is 2.68. The van der Waals surface area contributed by atoms with Gasteiger partial charge in [-0.05, 0) is 42.0 Å². The number of nitrogens with zero attached hydrogens (tertiary/aromatic N) is 2. The lowest BCUT2D eigenvalue weighted by molar-refractivity contribution is 0.414. The Hall–Kier alpha value is -2.42. The summed E-state index contributed by atoms with van der Waals surface area (Å²) in [6.07, 6.45) is 0. The van der Waals surface area contributed by atoms with E-state index in [1.165, 1.54) is 23.1 Å². The van der Waals surface area contributed by atoms with E-state index in [2.05, 4.69) is 9.97 Å². The van der Waals surface area contributed by atoms with Gasteiger partial charge in [0.05, 0.1) is 7.11 Å². The molecule has 0 saturated carbocycles. The minimum absolute atomic E-state index is 0.168. The Kier molecular flexibility index (Phi) is 5.11. The molecule has 0 aliphatic carbocycles. The lowest BCUT2D eigenvalue weighted by Crippen LogP contribution is -2.09. The molecule has 2 aromatic heterocycles. The molecule has 0 fully saturated rings. The van der Waals surface area contributed by atoms with Crippen LogP contribution in [0.4, 0.5) is 0 Å². The van der Waals surface area contributed by atoms with E-state index in [1.54, 1.807) is 7.11 Å². The van der Waals surface area contributed by atoms with Gasteiger partial charge in [-0.25, -0.2) is 4.98 Å². The molecule has 4 rings (SSSR count). The highest BCUT2D eigenvalue weighted by molar-refractivity contribution is 7.98. The summed E-state index contributed by atoms with van der Waals surface area (Å²) in [6, 6.07) is 17.6. The average molecular weight is 414 g/mol. The Morgan fingerprint density at radius 2 is 2.04 bits per heavy atom. The molecule has 2 aromatic carbocycles. The van der Waals surface area contributed by atoms with Crippen molar-refractivity contribution in [3.63, 3.8) is 0 Å². The maximum atomic E-state index is 12.5. The molecule has 27 heavy (non-hydrogen) atoms. The Morgan fingerprint density at radius 1 is 1.22 bits per heavy atom. The number of benzene rings is 2. The number of thiazole rings is 1. The molecule has 0 unspecified atom stereocenters. The third-order valence-corrected chi connectivity index (χ3v) is 6.25. The van der Waals surface area contributed by atoms with E-state index >= 15 is 0 Å². The zero-order valence-electron chi connectivity index (χ0n) is 14.3. The summed E-state index contributed by atoms with van der Waals surface area (Å²) < 4.78 is 8.24. The van der Waals surface area contributed by atoms with Gasteiger partial charge in [0.25, 0.3) is 5.56 Å². The van der Waals surface area contributed by atoms with Gasteiger partial charge in [-0.15, -0.1) is 0 Å². The van der Waals surface area contributed by atoms with E-state index in [-0.39, 0.29) is 5.56 Å². The van der Waals surface area contributed by atoms with Crippen LogP contribution in [-0.2, 0) is 5.75 Å². The molecule has 0 aliphatic rings. The van der Waals surface area contributed by atoms with Crippen LogP contribution in [0, 0.1) is 3.95 Å². The van der Waals surface area contributed by atoms with Crippen molar-refractivity contribution in [3.8, 4) is 11.4 Å². The highest BCUT2D eigenvalue weighted by Crippen LogP contribution is 2.26. The number of hydrogen-bond donors (Lipinski definition) is 1. The standard InChI is InChI=1S/C19H15N3O2S3/c1-24-14-9-5-6-12(10-14)11-26-18-20-16-15(17(23)21-18)27-19(25)22(16)13-7-3-2-4-8-13/h2-10H,11H2,1H3,(H,20,21,23). The molecular weight excluding hydrogens is 398 g/mol. The molecule has 0 amide bonds. The molecule has 0 spiro atoms. The lowest BCUT2D eigenvalue weighted by atomic mass is 10.2. The van der Waals surface area contributed by atoms with Crippen molar-refractivity contribution in [2.75, 3.05) is 7.11 Å². The van der Waals surface area contributed by atoms with Crippen LogP contribution in [0.25, 0.3) is 16.0 Å². The number of fused-ring (bicyclic) bond motifs is 1.